The molecule has 1 aromatic heterocycles. The fraction of sp³-hybridized carbons (Fsp3) is 0.267. The molecule has 0 bridgehead atoms. The van der Waals surface area contributed by atoms with Crippen LogP contribution in [0.25, 0.3) is 0 Å². The van der Waals surface area contributed by atoms with E-state index in [1.54, 1.807) is 0 Å². The minimum atomic E-state index is -0.936. The maximum Gasteiger partial charge on any atom is 0.339 e. The molecule has 1 aromatic carbocycles. The van der Waals surface area contributed by atoms with Crippen LogP contribution in [0.15, 0.2) is 41.0 Å². The summed E-state index contributed by atoms with van der Waals surface area (Å²) in [6, 6.07) is 9.77. The highest BCUT2D eigenvalue weighted by atomic mass is 16.4. The van der Waals surface area contributed by atoms with Gasteiger partial charge in [-0.3, -0.25) is 0 Å². The van der Waals surface area contributed by atoms with Crippen LogP contribution in [-0.4, -0.2) is 17.6 Å². The summed E-state index contributed by atoms with van der Waals surface area (Å²) >= 11 is 0. The highest BCUT2D eigenvalue weighted by Gasteiger charge is 2.20. The zero-order valence-corrected chi connectivity index (χ0v) is 10.5. The lowest BCUT2D eigenvalue weighted by molar-refractivity contribution is 0.0694. The van der Waals surface area contributed by atoms with Gasteiger partial charge >= 0.3 is 5.97 Å². The van der Waals surface area contributed by atoms with Crippen LogP contribution in [0.2, 0.25) is 0 Å². The average Bonchev–Trinajstić information content (AvgIpc) is 2.87. The van der Waals surface area contributed by atoms with Gasteiger partial charge in [-0.15, -0.1) is 0 Å². The minimum Gasteiger partial charge on any atom is -0.478 e. The van der Waals surface area contributed by atoms with Gasteiger partial charge in [0, 0.05) is 12.2 Å². The first-order valence-electron chi connectivity index (χ1n) is 6.38. The fourth-order valence-corrected chi connectivity index (χ4v) is 2.60. The van der Waals surface area contributed by atoms with Gasteiger partial charge in [-0.25, -0.2) is 4.79 Å². The van der Waals surface area contributed by atoms with E-state index in [-0.39, 0.29) is 5.56 Å². The largest absolute Gasteiger partial charge is 0.478 e. The number of rotatable bonds is 3. The van der Waals surface area contributed by atoms with E-state index in [0.29, 0.717) is 12.3 Å². The molecule has 1 N–H and O–H groups in total. The summed E-state index contributed by atoms with van der Waals surface area (Å²) in [7, 11) is 0. The molecule has 0 radical (unpaired) electrons. The van der Waals surface area contributed by atoms with Gasteiger partial charge < -0.3 is 14.4 Å². The lowest BCUT2D eigenvalue weighted by Gasteiger charge is -2.30. The molecular formula is C15H15NO3. The Morgan fingerprint density at radius 3 is 3.00 bits per heavy atom. The van der Waals surface area contributed by atoms with Gasteiger partial charge in [0.25, 0.3) is 0 Å². The third kappa shape index (κ3) is 2.21. The van der Waals surface area contributed by atoms with E-state index >= 15 is 0 Å². The topological polar surface area (TPSA) is 53.7 Å². The molecule has 2 heterocycles. The number of nitrogens with zero attached hydrogens (tertiary/aromatic N) is 1. The molecule has 0 saturated heterocycles. The summed E-state index contributed by atoms with van der Waals surface area (Å²) < 4.78 is 5.32. The Morgan fingerprint density at radius 2 is 2.16 bits per heavy atom. The van der Waals surface area contributed by atoms with Crippen molar-refractivity contribution in [3.8, 4) is 0 Å². The van der Waals surface area contributed by atoms with Crippen molar-refractivity contribution < 1.29 is 14.3 Å². The molecule has 2 aromatic rings. The zero-order chi connectivity index (χ0) is 13.2. The monoisotopic (exact) mass is 257 g/mol. The Morgan fingerprint density at radius 1 is 1.32 bits per heavy atom. The molecule has 0 saturated carbocycles. The lowest BCUT2D eigenvalue weighted by atomic mass is 10.0. The van der Waals surface area contributed by atoms with Crippen molar-refractivity contribution in [1.29, 1.82) is 0 Å². The summed E-state index contributed by atoms with van der Waals surface area (Å²) in [5, 5.41) is 9.10. The van der Waals surface area contributed by atoms with Crippen molar-refractivity contribution in [3.05, 3.63) is 53.5 Å². The summed E-state index contributed by atoms with van der Waals surface area (Å²) in [5.41, 5.74) is 2.75. The Bertz CT molecular complexity index is 603. The molecular weight excluding hydrogens is 242 g/mol. The number of aromatic carboxylic acids is 1. The maximum absolute atomic E-state index is 11.1. The third-order valence-electron chi connectivity index (χ3n) is 3.52. The molecule has 0 atom stereocenters. The number of carboxylic acids is 1. The second-order valence-corrected chi connectivity index (χ2v) is 4.72. The number of carboxylic acid groups (broad SMARTS) is 1. The highest BCUT2D eigenvalue weighted by Crippen LogP contribution is 2.28. The summed E-state index contributed by atoms with van der Waals surface area (Å²) in [6.45, 7) is 1.43. The van der Waals surface area contributed by atoms with E-state index < -0.39 is 5.97 Å². The van der Waals surface area contributed by atoms with E-state index in [2.05, 4.69) is 17.0 Å². The molecule has 0 spiro atoms. The minimum absolute atomic E-state index is 0.253. The second kappa shape index (κ2) is 4.80. The smallest absolute Gasteiger partial charge is 0.339 e. The Kier molecular flexibility index (Phi) is 2.99. The van der Waals surface area contributed by atoms with Crippen LogP contribution in [-0.2, 0) is 13.0 Å². The van der Waals surface area contributed by atoms with E-state index in [0.717, 1.165) is 19.4 Å². The van der Waals surface area contributed by atoms with E-state index in [1.165, 1.54) is 23.6 Å². The van der Waals surface area contributed by atoms with Crippen LogP contribution in [0.1, 0.15) is 28.1 Å². The standard InChI is InChI=1S/C15H15NO3/c17-15(18)12-7-9-19-14(12)10-16-8-3-5-11-4-1-2-6-13(11)16/h1-2,4,6-7,9H,3,5,8,10H2,(H,17,18). The molecule has 4 heteroatoms. The fourth-order valence-electron chi connectivity index (χ4n) is 2.60. The normalized spacial score (nSPS) is 14.2. The predicted octanol–water partition coefficient (Wildman–Crippen LogP) is 2.93. The Balaban J connectivity index is 1.89. The lowest BCUT2D eigenvalue weighted by Crippen LogP contribution is -2.29. The van der Waals surface area contributed by atoms with Crippen molar-refractivity contribution in [1.82, 2.24) is 0 Å². The van der Waals surface area contributed by atoms with Gasteiger partial charge in [0.1, 0.15) is 11.3 Å². The summed E-state index contributed by atoms with van der Waals surface area (Å²) in [6.07, 6.45) is 3.60. The molecule has 19 heavy (non-hydrogen) atoms. The molecule has 0 fully saturated rings. The van der Waals surface area contributed by atoms with E-state index in [9.17, 15) is 4.79 Å². The van der Waals surface area contributed by atoms with Crippen LogP contribution < -0.4 is 4.90 Å². The Hall–Kier alpha value is -2.23. The molecule has 1 aliphatic heterocycles. The van der Waals surface area contributed by atoms with Crippen molar-refractivity contribution in [2.75, 3.05) is 11.4 Å². The molecule has 4 nitrogen and oxygen atoms in total. The number of para-hydroxylation sites is 1. The molecule has 0 aliphatic carbocycles. The number of hydrogen-bond acceptors (Lipinski definition) is 3. The van der Waals surface area contributed by atoms with Gasteiger partial charge in [-0.1, -0.05) is 18.2 Å². The number of carbonyl (C=O) groups is 1. The summed E-state index contributed by atoms with van der Waals surface area (Å²) in [5.74, 6) is -0.418. The van der Waals surface area contributed by atoms with Crippen LogP contribution in [0.3, 0.4) is 0 Å². The van der Waals surface area contributed by atoms with Gasteiger partial charge in [-0.2, -0.15) is 0 Å². The molecule has 3 rings (SSSR count). The molecule has 98 valence electrons. The van der Waals surface area contributed by atoms with E-state index in [4.69, 9.17) is 9.52 Å². The number of hydrogen-bond donors (Lipinski definition) is 1. The van der Waals surface area contributed by atoms with Crippen molar-refractivity contribution in [3.63, 3.8) is 0 Å². The van der Waals surface area contributed by atoms with Crippen LogP contribution in [0.4, 0.5) is 5.69 Å². The Labute approximate surface area is 111 Å². The first-order valence-corrected chi connectivity index (χ1v) is 6.38. The number of anilines is 1. The van der Waals surface area contributed by atoms with Gasteiger partial charge in [0.15, 0.2) is 0 Å². The van der Waals surface area contributed by atoms with Crippen molar-refractivity contribution in [2.45, 2.75) is 19.4 Å². The SMILES string of the molecule is O=C(O)c1ccoc1CN1CCCc2ccccc21. The number of benzene rings is 1. The highest BCUT2D eigenvalue weighted by molar-refractivity contribution is 5.88. The maximum atomic E-state index is 11.1. The second-order valence-electron chi connectivity index (χ2n) is 4.72. The van der Waals surface area contributed by atoms with Crippen molar-refractivity contribution in [2.24, 2.45) is 0 Å². The van der Waals surface area contributed by atoms with Gasteiger partial charge in [-0.05, 0) is 30.5 Å². The summed E-state index contributed by atoms with van der Waals surface area (Å²) in [4.78, 5) is 13.3. The van der Waals surface area contributed by atoms with Gasteiger partial charge in [0.2, 0.25) is 0 Å². The number of furan rings is 1. The van der Waals surface area contributed by atoms with Crippen LogP contribution >= 0.6 is 0 Å². The van der Waals surface area contributed by atoms with Crippen LogP contribution in [0, 0.1) is 0 Å². The van der Waals surface area contributed by atoms with Crippen LogP contribution in [0.5, 0.6) is 0 Å². The van der Waals surface area contributed by atoms with E-state index in [1.807, 2.05) is 12.1 Å². The first kappa shape index (κ1) is 11.8. The average molecular weight is 257 g/mol. The van der Waals surface area contributed by atoms with Crippen molar-refractivity contribution >= 4 is 11.7 Å². The quantitative estimate of drug-likeness (QED) is 0.918. The van der Waals surface area contributed by atoms with Gasteiger partial charge in [0.05, 0.1) is 12.8 Å². The third-order valence-corrected chi connectivity index (χ3v) is 3.52. The number of aryl methyl sites for hydroxylation is 1. The predicted molar refractivity (Wildman–Crippen MR) is 71.5 cm³/mol. The first-order chi connectivity index (χ1) is 9.25. The number of fused-ring (bicyclic) bond motifs is 1. The zero-order valence-electron chi connectivity index (χ0n) is 10.5. The molecule has 1 aliphatic rings. The molecule has 0 unspecified atom stereocenters. The molecule has 0 amide bonds.